The second kappa shape index (κ2) is 6.05. The van der Waals surface area contributed by atoms with Crippen molar-refractivity contribution < 1.29 is 9.21 Å². The highest BCUT2D eigenvalue weighted by Crippen LogP contribution is 2.18. The maximum Gasteiger partial charge on any atom is 0.237 e. The number of carbonyl (C=O) groups excluding carboxylic acids is 1. The molecular formula is C14H22N2O2. The summed E-state index contributed by atoms with van der Waals surface area (Å²) >= 11 is 0. The summed E-state index contributed by atoms with van der Waals surface area (Å²) < 4.78 is 5.32. The minimum atomic E-state index is -0.203. The van der Waals surface area contributed by atoms with Crippen molar-refractivity contribution >= 4 is 5.91 Å². The molecule has 4 heteroatoms. The van der Waals surface area contributed by atoms with E-state index in [1.165, 1.54) is 12.8 Å². The summed E-state index contributed by atoms with van der Waals surface area (Å²) in [6, 6.07) is 3.99. The van der Waals surface area contributed by atoms with Gasteiger partial charge in [-0.3, -0.25) is 10.1 Å². The zero-order chi connectivity index (χ0) is 13.0. The maximum absolute atomic E-state index is 12.0. The van der Waals surface area contributed by atoms with Crippen LogP contribution in [-0.4, -0.2) is 18.0 Å². The highest BCUT2D eigenvalue weighted by Gasteiger charge is 2.22. The van der Waals surface area contributed by atoms with E-state index in [4.69, 9.17) is 4.42 Å². The van der Waals surface area contributed by atoms with Crippen molar-refractivity contribution in [3.63, 3.8) is 0 Å². The topological polar surface area (TPSA) is 54.3 Å². The first-order valence-corrected chi connectivity index (χ1v) is 6.76. The summed E-state index contributed by atoms with van der Waals surface area (Å²) in [6.45, 7) is 3.89. The lowest BCUT2D eigenvalue weighted by Crippen LogP contribution is -2.46. The average Bonchev–Trinajstić information content (AvgIpc) is 3.01. The molecule has 0 aliphatic heterocycles. The largest absolute Gasteiger partial charge is 0.468 e. The van der Waals surface area contributed by atoms with E-state index in [1.807, 2.05) is 26.0 Å². The SMILES string of the molecule is CC(N[C@@H](C)c1ccco1)C(=O)NC1CCCC1. The molecule has 1 unspecified atom stereocenters. The summed E-state index contributed by atoms with van der Waals surface area (Å²) in [6.07, 6.45) is 6.35. The highest BCUT2D eigenvalue weighted by molar-refractivity contribution is 5.81. The molecule has 1 aliphatic rings. The van der Waals surface area contributed by atoms with Crippen molar-refractivity contribution in [2.75, 3.05) is 0 Å². The Morgan fingerprint density at radius 2 is 2.11 bits per heavy atom. The molecule has 0 radical (unpaired) electrons. The molecule has 0 bridgehead atoms. The first-order valence-electron chi connectivity index (χ1n) is 6.76. The van der Waals surface area contributed by atoms with E-state index >= 15 is 0 Å². The van der Waals surface area contributed by atoms with Crippen LogP contribution in [0.5, 0.6) is 0 Å². The van der Waals surface area contributed by atoms with Crippen LogP contribution in [0.15, 0.2) is 22.8 Å². The van der Waals surface area contributed by atoms with Crippen molar-refractivity contribution in [3.05, 3.63) is 24.2 Å². The number of amides is 1. The zero-order valence-corrected chi connectivity index (χ0v) is 11.1. The molecule has 2 atom stereocenters. The minimum absolute atomic E-state index is 0.0457. The predicted octanol–water partition coefficient (Wildman–Crippen LogP) is 2.38. The quantitative estimate of drug-likeness (QED) is 0.843. The molecule has 1 heterocycles. The van der Waals surface area contributed by atoms with Gasteiger partial charge in [0.1, 0.15) is 5.76 Å². The van der Waals surface area contributed by atoms with E-state index in [1.54, 1.807) is 6.26 Å². The van der Waals surface area contributed by atoms with Gasteiger partial charge in [0.2, 0.25) is 5.91 Å². The van der Waals surface area contributed by atoms with Gasteiger partial charge in [-0.1, -0.05) is 12.8 Å². The van der Waals surface area contributed by atoms with Gasteiger partial charge in [0.25, 0.3) is 0 Å². The van der Waals surface area contributed by atoms with Crippen molar-refractivity contribution in [2.45, 2.75) is 57.7 Å². The van der Waals surface area contributed by atoms with Gasteiger partial charge in [-0.2, -0.15) is 0 Å². The third kappa shape index (κ3) is 3.35. The van der Waals surface area contributed by atoms with E-state index < -0.39 is 0 Å². The molecule has 0 saturated heterocycles. The Morgan fingerprint density at radius 1 is 1.39 bits per heavy atom. The van der Waals surface area contributed by atoms with E-state index in [-0.39, 0.29) is 18.0 Å². The number of hydrogen-bond donors (Lipinski definition) is 2. The minimum Gasteiger partial charge on any atom is -0.468 e. The lowest BCUT2D eigenvalue weighted by molar-refractivity contribution is -0.123. The van der Waals surface area contributed by atoms with E-state index in [0.29, 0.717) is 6.04 Å². The smallest absolute Gasteiger partial charge is 0.237 e. The second-order valence-corrected chi connectivity index (χ2v) is 5.12. The summed E-state index contributed by atoms with van der Waals surface area (Å²) in [4.78, 5) is 12.0. The number of carbonyl (C=O) groups is 1. The molecule has 0 spiro atoms. The third-order valence-electron chi connectivity index (χ3n) is 3.56. The fourth-order valence-corrected chi connectivity index (χ4v) is 2.47. The van der Waals surface area contributed by atoms with Gasteiger partial charge >= 0.3 is 0 Å². The Balaban J connectivity index is 1.79. The summed E-state index contributed by atoms with van der Waals surface area (Å²) in [5.41, 5.74) is 0. The van der Waals surface area contributed by atoms with Gasteiger partial charge in [-0.25, -0.2) is 0 Å². The van der Waals surface area contributed by atoms with Crippen molar-refractivity contribution in [2.24, 2.45) is 0 Å². The van der Waals surface area contributed by atoms with Crippen LogP contribution in [-0.2, 0) is 4.79 Å². The van der Waals surface area contributed by atoms with Gasteiger partial charge in [-0.05, 0) is 38.8 Å². The molecule has 1 fully saturated rings. The summed E-state index contributed by atoms with van der Waals surface area (Å²) in [5.74, 6) is 0.941. The van der Waals surface area contributed by atoms with Crippen LogP contribution in [0, 0.1) is 0 Å². The third-order valence-corrected chi connectivity index (χ3v) is 3.56. The van der Waals surface area contributed by atoms with Gasteiger partial charge in [-0.15, -0.1) is 0 Å². The molecule has 1 aromatic rings. The van der Waals surface area contributed by atoms with Gasteiger partial charge < -0.3 is 9.73 Å². The first-order chi connectivity index (χ1) is 8.66. The Kier molecular flexibility index (Phi) is 4.42. The van der Waals surface area contributed by atoms with E-state index in [0.717, 1.165) is 18.6 Å². The molecule has 1 aromatic heterocycles. The Morgan fingerprint density at radius 3 is 2.72 bits per heavy atom. The number of nitrogens with one attached hydrogen (secondary N) is 2. The molecule has 100 valence electrons. The number of furan rings is 1. The molecular weight excluding hydrogens is 228 g/mol. The summed E-state index contributed by atoms with van der Waals surface area (Å²) in [5, 5.41) is 6.35. The number of hydrogen-bond acceptors (Lipinski definition) is 3. The standard InChI is InChI=1S/C14H22N2O2/c1-10(13-8-5-9-18-13)15-11(2)14(17)16-12-6-3-4-7-12/h5,8-12,15H,3-4,6-7H2,1-2H3,(H,16,17)/t10-,11?/m0/s1. The monoisotopic (exact) mass is 250 g/mol. The van der Waals surface area contributed by atoms with Gasteiger partial charge in [0, 0.05) is 6.04 Å². The van der Waals surface area contributed by atoms with Crippen LogP contribution in [0.2, 0.25) is 0 Å². The molecule has 0 aromatic carbocycles. The van der Waals surface area contributed by atoms with E-state index in [9.17, 15) is 4.79 Å². The van der Waals surface area contributed by atoms with Crippen LogP contribution < -0.4 is 10.6 Å². The normalized spacial score (nSPS) is 19.7. The fraction of sp³-hybridized carbons (Fsp3) is 0.643. The molecule has 1 amide bonds. The van der Waals surface area contributed by atoms with Gasteiger partial charge in [0.05, 0.1) is 18.3 Å². The zero-order valence-electron chi connectivity index (χ0n) is 11.1. The van der Waals surface area contributed by atoms with Crippen LogP contribution in [0.25, 0.3) is 0 Å². The maximum atomic E-state index is 12.0. The summed E-state index contributed by atoms with van der Waals surface area (Å²) in [7, 11) is 0. The van der Waals surface area contributed by atoms with Crippen molar-refractivity contribution in [1.29, 1.82) is 0 Å². The van der Waals surface area contributed by atoms with Crippen LogP contribution in [0.4, 0.5) is 0 Å². The van der Waals surface area contributed by atoms with Gasteiger partial charge in [0.15, 0.2) is 0 Å². The van der Waals surface area contributed by atoms with Crippen molar-refractivity contribution in [3.8, 4) is 0 Å². The molecule has 1 aliphatic carbocycles. The number of rotatable bonds is 5. The molecule has 1 saturated carbocycles. The molecule has 4 nitrogen and oxygen atoms in total. The Labute approximate surface area is 108 Å². The average molecular weight is 250 g/mol. The predicted molar refractivity (Wildman–Crippen MR) is 70.1 cm³/mol. The molecule has 2 N–H and O–H groups in total. The lowest BCUT2D eigenvalue weighted by atomic mass is 10.2. The highest BCUT2D eigenvalue weighted by atomic mass is 16.3. The Hall–Kier alpha value is -1.29. The van der Waals surface area contributed by atoms with Crippen molar-refractivity contribution in [1.82, 2.24) is 10.6 Å². The second-order valence-electron chi connectivity index (χ2n) is 5.12. The fourth-order valence-electron chi connectivity index (χ4n) is 2.47. The first kappa shape index (κ1) is 13.1. The van der Waals surface area contributed by atoms with Crippen LogP contribution >= 0.6 is 0 Å². The van der Waals surface area contributed by atoms with Crippen LogP contribution in [0.1, 0.15) is 51.3 Å². The molecule has 18 heavy (non-hydrogen) atoms. The van der Waals surface area contributed by atoms with E-state index in [2.05, 4.69) is 10.6 Å². The lowest BCUT2D eigenvalue weighted by Gasteiger charge is -2.20. The molecule has 2 rings (SSSR count). The Bertz CT molecular complexity index is 369. The van der Waals surface area contributed by atoms with Crippen LogP contribution in [0.3, 0.4) is 0 Å².